The van der Waals surface area contributed by atoms with E-state index in [2.05, 4.69) is 0 Å². The van der Waals surface area contributed by atoms with Crippen LogP contribution < -0.4 is 0 Å². The third-order valence-corrected chi connectivity index (χ3v) is 5.37. The number of amides is 2. The molecule has 0 aromatic carbocycles. The Bertz CT molecular complexity index is 626. The molecule has 0 saturated carbocycles. The van der Waals surface area contributed by atoms with Crippen molar-refractivity contribution in [3.8, 4) is 0 Å². The second kappa shape index (κ2) is 7.12. The van der Waals surface area contributed by atoms with Gasteiger partial charge in [-0.2, -0.15) is 0 Å². The third-order valence-electron chi connectivity index (χ3n) is 4.36. The zero-order valence-corrected chi connectivity index (χ0v) is 14.5. The van der Waals surface area contributed by atoms with E-state index in [-0.39, 0.29) is 24.9 Å². The summed E-state index contributed by atoms with van der Waals surface area (Å²) in [7, 11) is 1.60. The topological polar surface area (TPSA) is 77.9 Å². The fraction of sp³-hybridized carbons (Fsp3) is 0.562. The summed E-state index contributed by atoms with van der Waals surface area (Å²) in [5, 5.41) is 10.9. The van der Waals surface area contributed by atoms with Gasteiger partial charge in [-0.1, -0.05) is 0 Å². The van der Waals surface area contributed by atoms with Gasteiger partial charge in [0.2, 0.25) is 5.91 Å². The van der Waals surface area contributed by atoms with E-state index < -0.39 is 11.9 Å². The lowest BCUT2D eigenvalue weighted by Crippen LogP contribution is -2.46. The Morgan fingerprint density at radius 3 is 2.65 bits per heavy atom. The number of piperidine rings is 1. The van der Waals surface area contributed by atoms with Crippen molar-refractivity contribution in [1.29, 1.82) is 0 Å². The van der Waals surface area contributed by atoms with Crippen LogP contribution >= 0.6 is 11.3 Å². The predicted octanol–water partition coefficient (Wildman–Crippen LogP) is 1.76. The number of hydrogen-bond acceptors (Lipinski definition) is 4. The molecule has 0 radical (unpaired) electrons. The summed E-state index contributed by atoms with van der Waals surface area (Å²) >= 11 is 1.52. The summed E-state index contributed by atoms with van der Waals surface area (Å²) in [5.74, 6) is -1.74. The van der Waals surface area contributed by atoms with E-state index in [1.807, 2.05) is 19.2 Å². The van der Waals surface area contributed by atoms with Crippen LogP contribution in [0.25, 0.3) is 0 Å². The molecule has 0 spiro atoms. The van der Waals surface area contributed by atoms with Crippen LogP contribution in [0.15, 0.2) is 5.38 Å². The minimum Gasteiger partial charge on any atom is -0.481 e. The number of carbonyl (C=O) groups excluding carboxylic acids is 2. The summed E-state index contributed by atoms with van der Waals surface area (Å²) in [6, 6.07) is 0. The average Bonchev–Trinajstić information content (AvgIpc) is 2.86. The van der Waals surface area contributed by atoms with Crippen LogP contribution in [0.3, 0.4) is 0 Å². The first-order chi connectivity index (χ1) is 10.8. The molecule has 1 aliphatic heterocycles. The molecule has 23 heavy (non-hydrogen) atoms. The number of rotatable bonds is 4. The van der Waals surface area contributed by atoms with Gasteiger partial charge in [-0.25, -0.2) is 0 Å². The van der Waals surface area contributed by atoms with Crippen molar-refractivity contribution >= 4 is 29.1 Å². The van der Waals surface area contributed by atoms with Crippen molar-refractivity contribution in [2.24, 2.45) is 5.92 Å². The van der Waals surface area contributed by atoms with E-state index in [9.17, 15) is 14.4 Å². The first-order valence-corrected chi connectivity index (χ1v) is 8.50. The number of carbonyl (C=O) groups is 3. The van der Waals surface area contributed by atoms with Crippen molar-refractivity contribution in [2.45, 2.75) is 26.7 Å². The summed E-state index contributed by atoms with van der Waals surface area (Å²) in [6.07, 6.45) is 1.28. The molecule has 6 nitrogen and oxygen atoms in total. The average molecular weight is 338 g/mol. The van der Waals surface area contributed by atoms with Crippen molar-refractivity contribution in [3.63, 3.8) is 0 Å². The van der Waals surface area contributed by atoms with Crippen LogP contribution in [-0.4, -0.2) is 59.4 Å². The Labute approximate surface area is 139 Å². The number of aliphatic carboxylic acids is 1. The van der Waals surface area contributed by atoms with Gasteiger partial charge in [-0.3, -0.25) is 14.4 Å². The molecule has 2 rings (SSSR count). The maximum Gasteiger partial charge on any atom is 0.308 e. The number of carboxylic acids is 1. The van der Waals surface area contributed by atoms with Crippen LogP contribution in [-0.2, 0) is 9.59 Å². The van der Waals surface area contributed by atoms with Gasteiger partial charge in [0.1, 0.15) is 0 Å². The molecule has 1 atom stereocenters. The molecular formula is C16H22N2O4S. The van der Waals surface area contributed by atoms with Gasteiger partial charge in [0, 0.05) is 30.4 Å². The molecule has 2 amide bonds. The normalized spacial score (nSPS) is 17.9. The highest BCUT2D eigenvalue weighted by atomic mass is 32.1. The van der Waals surface area contributed by atoms with Crippen LogP contribution in [0.5, 0.6) is 0 Å². The Morgan fingerprint density at radius 1 is 1.39 bits per heavy atom. The highest BCUT2D eigenvalue weighted by molar-refractivity contribution is 7.10. The summed E-state index contributed by atoms with van der Waals surface area (Å²) < 4.78 is 0. The molecule has 126 valence electrons. The number of nitrogens with zero attached hydrogens (tertiary/aromatic N) is 2. The largest absolute Gasteiger partial charge is 0.481 e. The van der Waals surface area contributed by atoms with Gasteiger partial charge in [0.25, 0.3) is 5.91 Å². The van der Waals surface area contributed by atoms with Crippen LogP contribution in [0.1, 0.15) is 33.6 Å². The van der Waals surface area contributed by atoms with E-state index in [1.165, 1.54) is 16.2 Å². The SMILES string of the molecule is Cc1scc(C(=O)N(C)CC(=O)N2CCCC(C(=O)O)C2)c1C. The van der Waals surface area contributed by atoms with Gasteiger partial charge in [0.05, 0.1) is 18.0 Å². The fourth-order valence-electron chi connectivity index (χ4n) is 2.71. The van der Waals surface area contributed by atoms with Crippen LogP contribution in [0.2, 0.25) is 0 Å². The van der Waals surface area contributed by atoms with Crippen molar-refractivity contribution in [3.05, 3.63) is 21.4 Å². The Hall–Kier alpha value is -1.89. The third kappa shape index (κ3) is 3.90. The fourth-order valence-corrected chi connectivity index (χ4v) is 3.57. The zero-order chi connectivity index (χ0) is 17.1. The van der Waals surface area contributed by atoms with Gasteiger partial charge >= 0.3 is 5.97 Å². The number of likely N-dealkylation sites (N-methyl/N-ethyl adjacent to an activating group) is 1. The summed E-state index contributed by atoms with van der Waals surface area (Å²) in [4.78, 5) is 39.9. The van der Waals surface area contributed by atoms with Gasteiger partial charge in [-0.15, -0.1) is 11.3 Å². The monoisotopic (exact) mass is 338 g/mol. The molecule has 0 aliphatic carbocycles. The molecule has 1 unspecified atom stereocenters. The molecule has 1 aromatic heterocycles. The zero-order valence-electron chi connectivity index (χ0n) is 13.7. The predicted molar refractivity (Wildman–Crippen MR) is 87.7 cm³/mol. The van der Waals surface area contributed by atoms with Crippen LogP contribution in [0.4, 0.5) is 0 Å². The maximum atomic E-state index is 12.4. The van der Waals surface area contributed by atoms with Gasteiger partial charge in [-0.05, 0) is 32.3 Å². The summed E-state index contributed by atoms with van der Waals surface area (Å²) in [5.41, 5.74) is 1.58. The first kappa shape index (κ1) is 17.5. The van der Waals surface area contributed by atoms with Crippen molar-refractivity contribution in [2.75, 3.05) is 26.7 Å². The van der Waals surface area contributed by atoms with E-state index in [4.69, 9.17) is 5.11 Å². The van der Waals surface area contributed by atoms with Crippen molar-refractivity contribution < 1.29 is 19.5 Å². The Morgan fingerprint density at radius 2 is 2.09 bits per heavy atom. The standard InChI is InChI=1S/C16H22N2O4S/c1-10-11(2)23-9-13(10)15(20)17(3)8-14(19)18-6-4-5-12(7-18)16(21)22/h9,12H,4-8H2,1-3H3,(H,21,22). The van der Waals surface area contributed by atoms with E-state index >= 15 is 0 Å². The lowest BCUT2D eigenvalue weighted by Gasteiger charge is -2.32. The van der Waals surface area contributed by atoms with E-state index in [1.54, 1.807) is 11.9 Å². The molecule has 2 heterocycles. The quantitative estimate of drug-likeness (QED) is 0.907. The summed E-state index contributed by atoms with van der Waals surface area (Å²) in [6.45, 7) is 4.62. The van der Waals surface area contributed by atoms with Crippen molar-refractivity contribution in [1.82, 2.24) is 9.80 Å². The van der Waals surface area contributed by atoms with E-state index in [0.29, 0.717) is 24.9 Å². The van der Waals surface area contributed by atoms with Crippen LogP contribution in [0, 0.1) is 19.8 Å². The number of aryl methyl sites for hydroxylation is 1. The Balaban J connectivity index is 1.98. The minimum absolute atomic E-state index is 0.0283. The maximum absolute atomic E-state index is 12.4. The molecule has 1 aliphatic rings. The lowest BCUT2D eigenvalue weighted by atomic mass is 9.98. The molecule has 1 fully saturated rings. The minimum atomic E-state index is -0.865. The molecule has 1 saturated heterocycles. The molecule has 1 aromatic rings. The molecule has 1 N–H and O–H groups in total. The molecule has 7 heteroatoms. The highest BCUT2D eigenvalue weighted by Gasteiger charge is 2.29. The van der Waals surface area contributed by atoms with Gasteiger partial charge in [0.15, 0.2) is 0 Å². The lowest BCUT2D eigenvalue weighted by molar-refractivity contribution is -0.145. The highest BCUT2D eigenvalue weighted by Crippen LogP contribution is 2.22. The number of thiophene rings is 1. The second-order valence-corrected chi connectivity index (χ2v) is 7.09. The number of carboxylic acid groups (broad SMARTS) is 1. The smallest absolute Gasteiger partial charge is 0.308 e. The number of hydrogen-bond donors (Lipinski definition) is 1. The Kier molecular flexibility index (Phi) is 5.41. The first-order valence-electron chi connectivity index (χ1n) is 7.62. The second-order valence-electron chi connectivity index (χ2n) is 6.01. The number of likely N-dealkylation sites (tertiary alicyclic amines) is 1. The molecule has 0 bridgehead atoms. The van der Waals surface area contributed by atoms with Gasteiger partial charge < -0.3 is 14.9 Å². The molecular weight excluding hydrogens is 316 g/mol. The van der Waals surface area contributed by atoms with E-state index in [0.717, 1.165) is 10.4 Å².